The highest BCUT2D eigenvalue weighted by Gasteiger charge is 2.10. The summed E-state index contributed by atoms with van der Waals surface area (Å²) in [6, 6.07) is 14.3. The molecule has 0 spiro atoms. The van der Waals surface area contributed by atoms with Gasteiger partial charge in [-0.05, 0) is 44.0 Å². The van der Waals surface area contributed by atoms with Crippen LogP contribution in [0.5, 0.6) is 0 Å². The lowest BCUT2D eigenvalue weighted by molar-refractivity contribution is 1.02. The van der Waals surface area contributed by atoms with Gasteiger partial charge in [-0.1, -0.05) is 31.2 Å². The molecule has 0 atom stereocenters. The Hall–Kier alpha value is -2.62. The van der Waals surface area contributed by atoms with Crippen molar-refractivity contribution in [2.24, 2.45) is 0 Å². The number of hydrogen-bond donors (Lipinski definition) is 2. The number of nitrogens with zero attached hydrogens (tertiary/aromatic N) is 2. The molecule has 0 saturated heterocycles. The lowest BCUT2D eigenvalue weighted by atomic mass is 10.0. The van der Waals surface area contributed by atoms with Crippen molar-refractivity contribution in [2.75, 3.05) is 23.7 Å². The normalized spacial score (nSPS) is 10.8. The van der Waals surface area contributed by atoms with E-state index in [1.54, 1.807) is 0 Å². The van der Waals surface area contributed by atoms with Crippen LogP contribution >= 0.6 is 0 Å². The van der Waals surface area contributed by atoms with Gasteiger partial charge in [-0.2, -0.15) is 0 Å². The van der Waals surface area contributed by atoms with Gasteiger partial charge in [0.2, 0.25) is 0 Å². The van der Waals surface area contributed by atoms with E-state index >= 15 is 0 Å². The average Bonchev–Trinajstić information content (AvgIpc) is 2.58. The quantitative estimate of drug-likeness (QED) is 0.664. The molecule has 0 aliphatic heterocycles. The number of aromatic nitrogens is 2. The second-order valence-electron chi connectivity index (χ2n) is 5.94. The third-order valence-corrected chi connectivity index (χ3v) is 4.17. The van der Waals surface area contributed by atoms with E-state index < -0.39 is 0 Å². The molecule has 124 valence electrons. The molecule has 2 heterocycles. The van der Waals surface area contributed by atoms with Gasteiger partial charge in [0.15, 0.2) is 0 Å². The molecule has 1 aromatic carbocycles. The van der Waals surface area contributed by atoms with Crippen molar-refractivity contribution in [3.63, 3.8) is 0 Å². The summed E-state index contributed by atoms with van der Waals surface area (Å²) in [5.74, 6) is 0.920. The van der Waals surface area contributed by atoms with Crippen molar-refractivity contribution < 1.29 is 0 Å². The van der Waals surface area contributed by atoms with E-state index in [1.807, 2.05) is 31.2 Å². The third-order valence-electron chi connectivity index (χ3n) is 4.17. The molecule has 0 fully saturated rings. The van der Waals surface area contributed by atoms with E-state index in [0.29, 0.717) is 0 Å². The smallest absolute Gasteiger partial charge is 0.126 e. The summed E-state index contributed by atoms with van der Waals surface area (Å²) >= 11 is 0. The van der Waals surface area contributed by atoms with Crippen LogP contribution in [0.1, 0.15) is 23.9 Å². The summed E-state index contributed by atoms with van der Waals surface area (Å²) in [6.45, 7) is 7.92. The first kappa shape index (κ1) is 16.2. The fourth-order valence-electron chi connectivity index (χ4n) is 3.03. The number of aryl methyl sites for hydroxylation is 2. The highest BCUT2D eigenvalue weighted by molar-refractivity contribution is 5.93. The summed E-state index contributed by atoms with van der Waals surface area (Å²) in [5, 5.41) is 8.16. The standard InChI is InChI=1S/C20H24N4/c1-4-16-15(3)24-18-10-6-5-9-17(18)20(16)22-13-12-21-19-11-7-8-14(2)23-19/h5-11H,4,12-13H2,1-3H3,(H,21,23)(H,22,24). The molecular weight excluding hydrogens is 296 g/mol. The molecule has 0 aliphatic rings. The van der Waals surface area contributed by atoms with Crippen LogP contribution in [0, 0.1) is 13.8 Å². The maximum absolute atomic E-state index is 4.73. The summed E-state index contributed by atoms with van der Waals surface area (Å²) in [7, 11) is 0. The van der Waals surface area contributed by atoms with E-state index in [1.165, 1.54) is 16.6 Å². The number of anilines is 2. The number of rotatable bonds is 6. The number of benzene rings is 1. The first-order valence-electron chi connectivity index (χ1n) is 8.48. The lowest BCUT2D eigenvalue weighted by Gasteiger charge is -2.16. The molecule has 3 rings (SSSR count). The Morgan fingerprint density at radius 1 is 0.875 bits per heavy atom. The SMILES string of the molecule is CCc1c(C)nc2ccccc2c1NCCNc1cccc(C)n1. The maximum atomic E-state index is 4.73. The average molecular weight is 320 g/mol. The molecule has 4 nitrogen and oxygen atoms in total. The fraction of sp³-hybridized carbons (Fsp3) is 0.300. The van der Waals surface area contributed by atoms with Gasteiger partial charge in [-0.3, -0.25) is 4.98 Å². The second kappa shape index (κ2) is 7.30. The van der Waals surface area contributed by atoms with Gasteiger partial charge in [0.1, 0.15) is 5.82 Å². The van der Waals surface area contributed by atoms with E-state index in [4.69, 9.17) is 4.98 Å². The molecule has 24 heavy (non-hydrogen) atoms. The van der Waals surface area contributed by atoms with Crippen molar-refractivity contribution in [3.8, 4) is 0 Å². The van der Waals surface area contributed by atoms with Crippen LogP contribution < -0.4 is 10.6 Å². The largest absolute Gasteiger partial charge is 0.382 e. The number of pyridine rings is 2. The van der Waals surface area contributed by atoms with Gasteiger partial charge in [0, 0.05) is 35.6 Å². The minimum Gasteiger partial charge on any atom is -0.382 e. The minimum atomic E-state index is 0.815. The molecule has 0 saturated carbocycles. The Balaban J connectivity index is 1.74. The lowest BCUT2D eigenvalue weighted by Crippen LogP contribution is -2.16. The number of nitrogens with one attached hydrogen (secondary N) is 2. The fourth-order valence-corrected chi connectivity index (χ4v) is 3.03. The van der Waals surface area contributed by atoms with Crippen LogP contribution in [-0.2, 0) is 6.42 Å². The van der Waals surface area contributed by atoms with Crippen molar-refractivity contribution in [3.05, 3.63) is 59.4 Å². The Bertz CT molecular complexity index is 842. The van der Waals surface area contributed by atoms with Crippen molar-refractivity contribution in [1.29, 1.82) is 0 Å². The van der Waals surface area contributed by atoms with Crippen molar-refractivity contribution in [2.45, 2.75) is 27.2 Å². The molecule has 0 aliphatic carbocycles. The molecular formula is C20H24N4. The van der Waals surface area contributed by atoms with Crippen LogP contribution in [-0.4, -0.2) is 23.1 Å². The van der Waals surface area contributed by atoms with Gasteiger partial charge in [0.05, 0.1) is 5.52 Å². The predicted molar refractivity (Wildman–Crippen MR) is 102 cm³/mol. The molecule has 0 radical (unpaired) electrons. The van der Waals surface area contributed by atoms with E-state index in [2.05, 4.69) is 47.7 Å². The van der Waals surface area contributed by atoms with Crippen LogP contribution in [0.15, 0.2) is 42.5 Å². The van der Waals surface area contributed by atoms with Crippen molar-refractivity contribution in [1.82, 2.24) is 9.97 Å². The van der Waals surface area contributed by atoms with Gasteiger partial charge in [-0.15, -0.1) is 0 Å². The summed E-state index contributed by atoms with van der Waals surface area (Å²) < 4.78 is 0. The first-order chi connectivity index (χ1) is 11.7. The number of fused-ring (bicyclic) bond motifs is 1. The van der Waals surface area contributed by atoms with Gasteiger partial charge in [0.25, 0.3) is 0 Å². The molecule has 0 amide bonds. The molecule has 2 N–H and O–H groups in total. The maximum Gasteiger partial charge on any atom is 0.126 e. The van der Waals surface area contributed by atoms with Crippen LogP contribution in [0.4, 0.5) is 11.5 Å². The summed E-state index contributed by atoms with van der Waals surface area (Å²) in [4.78, 5) is 9.19. The molecule has 4 heteroatoms. The van der Waals surface area contributed by atoms with Crippen LogP contribution in [0.2, 0.25) is 0 Å². The predicted octanol–water partition coefficient (Wildman–Crippen LogP) is 4.33. The molecule has 3 aromatic rings. The zero-order chi connectivity index (χ0) is 16.9. The molecule has 0 bridgehead atoms. The third kappa shape index (κ3) is 3.48. The van der Waals surface area contributed by atoms with Crippen LogP contribution in [0.3, 0.4) is 0 Å². The monoisotopic (exact) mass is 320 g/mol. The van der Waals surface area contributed by atoms with E-state index in [0.717, 1.165) is 42.2 Å². The Kier molecular flexibility index (Phi) is 4.94. The molecule has 2 aromatic heterocycles. The van der Waals surface area contributed by atoms with Gasteiger partial charge < -0.3 is 10.6 Å². The summed E-state index contributed by atoms with van der Waals surface area (Å²) in [5.41, 5.74) is 5.67. The number of para-hydroxylation sites is 1. The topological polar surface area (TPSA) is 49.8 Å². The van der Waals surface area contributed by atoms with Crippen LogP contribution in [0.25, 0.3) is 10.9 Å². The van der Waals surface area contributed by atoms with Gasteiger partial charge >= 0.3 is 0 Å². The summed E-state index contributed by atoms with van der Waals surface area (Å²) in [6.07, 6.45) is 0.971. The Morgan fingerprint density at radius 2 is 1.67 bits per heavy atom. The highest BCUT2D eigenvalue weighted by atomic mass is 15.0. The Morgan fingerprint density at radius 3 is 2.46 bits per heavy atom. The van der Waals surface area contributed by atoms with E-state index in [-0.39, 0.29) is 0 Å². The second-order valence-corrected chi connectivity index (χ2v) is 5.94. The zero-order valence-electron chi connectivity index (χ0n) is 14.6. The highest BCUT2D eigenvalue weighted by Crippen LogP contribution is 2.28. The van der Waals surface area contributed by atoms with E-state index in [9.17, 15) is 0 Å². The molecule has 0 unspecified atom stereocenters. The van der Waals surface area contributed by atoms with Crippen molar-refractivity contribution >= 4 is 22.4 Å². The minimum absolute atomic E-state index is 0.815. The zero-order valence-corrected chi connectivity index (χ0v) is 14.6. The Labute approximate surface area is 143 Å². The first-order valence-corrected chi connectivity index (χ1v) is 8.48. The number of hydrogen-bond acceptors (Lipinski definition) is 4. The van der Waals surface area contributed by atoms with Gasteiger partial charge in [-0.25, -0.2) is 4.98 Å².